The smallest absolute Gasteiger partial charge is 0.252 e. The number of primary amides is 1. The standard InChI is InChI=1S/C7H7FN2O2/c8-4-1-2-5(10-3-4)6(11)7(9)12/h1-3,6,11H,(H2,9,12). The monoisotopic (exact) mass is 170 g/mol. The highest BCUT2D eigenvalue weighted by Crippen LogP contribution is 2.08. The number of pyridine rings is 1. The van der Waals surface area contributed by atoms with E-state index >= 15 is 0 Å². The Morgan fingerprint density at radius 1 is 1.67 bits per heavy atom. The van der Waals surface area contributed by atoms with Crippen LogP contribution in [0.15, 0.2) is 18.3 Å². The molecule has 1 heterocycles. The minimum Gasteiger partial charge on any atom is -0.377 e. The largest absolute Gasteiger partial charge is 0.377 e. The van der Waals surface area contributed by atoms with Crippen LogP contribution in [0.25, 0.3) is 0 Å². The maximum absolute atomic E-state index is 12.3. The van der Waals surface area contributed by atoms with Crippen LogP contribution in [0.2, 0.25) is 0 Å². The van der Waals surface area contributed by atoms with Gasteiger partial charge in [-0.25, -0.2) is 4.39 Å². The second kappa shape index (κ2) is 3.27. The van der Waals surface area contributed by atoms with Gasteiger partial charge in [0.05, 0.1) is 11.9 Å². The van der Waals surface area contributed by atoms with E-state index in [9.17, 15) is 9.18 Å². The summed E-state index contributed by atoms with van der Waals surface area (Å²) in [7, 11) is 0. The summed E-state index contributed by atoms with van der Waals surface area (Å²) in [6.07, 6.45) is -0.563. The van der Waals surface area contributed by atoms with E-state index in [0.717, 1.165) is 12.3 Å². The summed E-state index contributed by atoms with van der Waals surface area (Å²) in [5, 5.41) is 9.03. The van der Waals surface area contributed by atoms with E-state index in [0.29, 0.717) is 0 Å². The van der Waals surface area contributed by atoms with Crippen LogP contribution in [0.5, 0.6) is 0 Å². The van der Waals surface area contributed by atoms with Crippen molar-refractivity contribution in [3.63, 3.8) is 0 Å². The molecule has 0 aliphatic rings. The van der Waals surface area contributed by atoms with Crippen LogP contribution in [-0.2, 0) is 4.79 Å². The molecule has 1 atom stereocenters. The highest BCUT2D eigenvalue weighted by atomic mass is 19.1. The molecule has 1 amide bonds. The first kappa shape index (κ1) is 8.61. The molecule has 12 heavy (non-hydrogen) atoms. The first-order chi connectivity index (χ1) is 5.61. The summed E-state index contributed by atoms with van der Waals surface area (Å²) < 4.78 is 12.3. The molecule has 1 aromatic heterocycles. The van der Waals surface area contributed by atoms with E-state index in [2.05, 4.69) is 4.98 Å². The minimum absolute atomic E-state index is 0.0453. The van der Waals surface area contributed by atoms with E-state index in [4.69, 9.17) is 10.8 Å². The summed E-state index contributed by atoms with van der Waals surface area (Å²) in [6, 6.07) is 2.29. The number of hydrogen-bond donors (Lipinski definition) is 2. The van der Waals surface area contributed by atoms with Gasteiger partial charge in [0, 0.05) is 0 Å². The molecule has 0 spiro atoms. The molecule has 1 unspecified atom stereocenters. The van der Waals surface area contributed by atoms with Crippen molar-refractivity contribution < 1.29 is 14.3 Å². The molecule has 0 fully saturated rings. The van der Waals surface area contributed by atoms with Gasteiger partial charge in [-0.1, -0.05) is 0 Å². The summed E-state index contributed by atoms with van der Waals surface area (Å²) in [5.41, 5.74) is 4.83. The molecule has 1 rings (SSSR count). The zero-order chi connectivity index (χ0) is 9.14. The Kier molecular flexibility index (Phi) is 2.35. The van der Waals surface area contributed by atoms with Crippen LogP contribution in [0, 0.1) is 5.82 Å². The summed E-state index contributed by atoms with van der Waals surface area (Å²) in [5.74, 6) is -1.44. The lowest BCUT2D eigenvalue weighted by atomic mass is 10.2. The number of halogens is 1. The van der Waals surface area contributed by atoms with E-state index in [1.165, 1.54) is 6.07 Å². The van der Waals surface area contributed by atoms with Gasteiger partial charge in [0.15, 0.2) is 6.10 Å². The van der Waals surface area contributed by atoms with Crippen LogP contribution in [0.3, 0.4) is 0 Å². The molecular weight excluding hydrogens is 163 g/mol. The predicted octanol–water partition coefficient (Wildman–Crippen LogP) is -0.261. The molecule has 0 bridgehead atoms. The van der Waals surface area contributed by atoms with Gasteiger partial charge in [-0.3, -0.25) is 9.78 Å². The average Bonchev–Trinajstić information content (AvgIpc) is 2.04. The molecule has 3 N–H and O–H groups in total. The van der Waals surface area contributed by atoms with Gasteiger partial charge in [-0.2, -0.15) is 0 Å². The van der Waals surface area contributed by atoms with Crippen LogP contribution >= 0.6 is 0 Å². The Hall–Kier alpha value is -1.49. The number of carbonyl (C=O) groups is 1. The molecule has 0 saturated carbocycles. The van der Waals surface area contributed by atoms with Gasteiger partial charge in [0.25, 0.3) is 5.91 Å². The first-order valence-electron chi connectivity index (χ1n) is 3.20. The molecule has 4 nitrogen and oxygen atoms in total. The second-order valence-electron chi connectivity index (χ2n) is 2.21. The number of hydrogen-bond acceptors (Lipinski definition) is 3. The number of carbonyl (C=O) groups excluding carboxylic acids is 1. The topological polar surface area (TPSA) is 76.2 Å². The Morgan fingerprint density at radius 2 is 2.33 bits per heavy atom. The van der Waals surface area contributed by atoms with Crippen molar-refractivity contribution in [2.75, 3.05) is 0 Å². The fourth-order valence-corrected chi connectivity index (χ4v) is 0.695. The van der Waals surface area contributed by atoms with Crippen molar-refractivity contribution in [1.29, 1.82) is 0 Å². The van der Waals surface area contributed by atoms with Crippen LogP contribution in [-0.4, -0.2) is 16.0 Å². The third-order valence-corrected chi connectivity index (χ3v) is 1.30. The molecule has 1 aromatic rings. The lowest BCUT2D eigenvalue weighted by molar-refractivity contribution is -0.126. The fraction of sp³-hybridized carbons (Fsp3) is 0.143. The molecule has 0 aliphatic heterocycles. The second-order valence-corrected chi connectivity index (χ2v) is 2.21. The van der Waals surface area contributed by atoms with Gasteiger partial charge in [0.1, 0.15) is 5.82 Å². The lowest BCUT2D eigenvalue weighted by Gasteiger charge is -2.03. The number of aromatic nitrogens is 1. The third-order valence-electron chi connectivity index (χ3n) is 1.30. The quantitative estimate of drug-likeness (QED) is 0.642. The Balaban J connectivity index is 2.89. The minimum atomic E-state index is -1.47. The van der Waals surface area contributed by atoms with Crippen molar-refractivity contribution in [2.24, 2.45) is 5.73 Å². The number of nitrogens with two attached hydrogens (primary N) is 1. The number of aliphatic hydroxyl groups excluding tert-OH is 1. The normalized spacial score (nSPS) is 12.5. The molecule has 64 valence electrons. The number of aliphatic hydroxyl groups is 1. The maximum Gasteiger partial charge on any atom is 0.252 e. The summed E-state index contributed by atoms with van der Waals surface area (Å²) in [4.78, 5) is 13.9. The summed E-state index contributed by atoms with van der Waals surface area (Å²) >= 11 is 0. The molecule has 0 aromatic carbocycles. The molecule has 0 radical (unpaired) electrons. The Labute approximate surface area is 67.8 Å². The lowest BCUT2D eigenvalue weighted by Crippen LogP contribution is -2.21. The average molecular weight is 170 g/mol. The third kappa shape index (κ3) is 1.76. The van der Waals surface area contributed by atoms with Crippen LogP contribution < -0.4 is 5.73 Å². The zero-order valence-corrected chi connectivity index (χ0v) is 6.07. The highest BCUT2D eigenvalue weighted by molar-refractivity contribution is 5.79. The van der Waals surface area contributed by atoms with Crippen LogP contribution in [0.1, 0.15) is 11.8 Å². The molecular formula is C7H7FN2O2. The zero-order valence-electron chi connectivity index (χ0n) is 6.07. The van der Waals surface area contributed by atoms with E-state index in [1.807, 2.05) is 0 Å². The van der Waals surface area contributed by atoms with Crippen molar-refractivity contribution in [3.05, 3.63) is 29.8 Å². The molecule has 0 aliphatic carbocycles. The van der Waals surface area contributed by atoms with E-state index < -0.39 is 17.8 Å². The number of amides is 1. The fourth-order valence-electron chi connectivity index (χ4n) is 0.695. The van der Waals surface area contributed by atoms with Gasteiger partial charge in [-0.05, 0) is 12.1 Å². The van der Waals surface area contributed by atoms with E-state index in [-0.39, 0.29) is 5.69 Å². The van der Waals surface area contributed by atoms with Crippen LogP contribution in [0.4, 0.5) is 4.39 Å². The number of rotatable bonds is 2. The summed E-state index contributed by atoms with van der Waals surface area (Å²) in [6.45, 7) is 0. The van der Waals surface area contributed by atoms with E-state index in [1.54, 1.807) is 0 Å². The SMILES string of the molecule is NC(=O)C(O)c1ccc(F)cn1. The van der Waals surface area contributed by atoms with Crippen molar-refractivity contribution in [3.8, 4) is 0 Å². The highest BCUT2D eigenvalue weighted by Gasteiger charge is 2.14. The van der Waals surface area contributed by atoms with Crippen molar-refractivity contribution in [2.45, 2.75) is 6.10 Å². The number of nitrogens with zero attached hydrogens (tertiary/aromatic N) is 1. The Morgan fingerprint density at radius 3 is 2.75 bits per heavy atom. The van der Waals surface area contributed by atoms with Crippen molar-refractivity contribution >= 4 is 5.91 Å². The Bertz CT molecular complexity index is 286. The van der Waals surface area contributed by atoms with Crippen molar-refractivity contribution in [1.82, 2.24) is 4.98 Å². The first-order valence-corrected chi connectivity index (χ1v) is 3.20. The van der Waals surface area contributed by atoms with Gasteiger partial charge in [-0.15, -0.1) is 0 Å². The van der Waals surface area contributed by atoms with Gasteiger partial charge in [0.2, 0.25) is 0 Å². The van der Waals surface area contributed by atoms with Gasteiger partial charge < -0.3 is 10.8 Å². The molecule has 0 saturated heterocycles. The van der Waals surface area contributed by atoms with Gasteiger partial charge >= 0.3 is 0 Å². The predicted molar refractivity (Wildman–Crippen MR) is 38.3 cm³/mol. The maximum atomic E-state index is 12.3. The molecule has 5 heteroatoms.